The Hall–Kier alpha value is -0.0800. The molecule has 0 spiro atoms. The average molecular weight is 226 g/mol. The zero-order chi connectivity index (χ0) is 12.2. The van der Waals surface area contributed by atoms with Crippen molar-refractivity contribution in [1.29, 1.82) is 0 Å². The highest BCUT2D eigenvalue weighted by atomic mass is 15.2. The van der Waals surface area contributed by atoms with Crippen LogP contribution in [0.25, 0.3) is 0 Å². The minimum absolute atomic E-state index is 0.556. The maximum absolute atomic E-state index is 3.29. The summed E-state index contributed by atoms with van der Waals surface area (Å²) in [5.41, 5.74) is 0.556. The first-order chi connectivity index (χ1) is 7.46. The van der Waals surface area contributed by atoms with Gasteiger partial charge in [-0.3, -0.25) is 0 Å². The molecule has 1 saturated heterocycles. The van der Waals surface area contributed by atoms with Crippen molar-refractivity contribution in [2.75, 3.05) is 26.7 Å². The van der Waals surface area contributed by atoms with Crippen LogP contribution < -0.4 is 5.32 Å². The summed E-state index contributed by atoms with van der Waals surface area (Å²) in [6, 6.07) is 0.710. The molecule has 96 valence electrons. The van der Waals surface area contributed by atoms with E-state index in [1.54, 1.807) is 0 Å². The lowest BCUT2D eigenvalue weighted by Gasteiger charge is -2.32. The van der Waals surface area contributed by atoms with Crippen LogP contribution in [0.2, 0.25) is 0 Å². The normalized spacial score (nSPS) is 26.1. The Labute approximate surface area is 102 Å². The van der Waals surface area contributed by atoms with E-state index < -0.39 is 0 Å². The van der Waals surface area contributed by atoms with Crippen molar-refractivity contribution in [3.8, 4) is 0 Å². The van der Waals surface area contributed by atoms with Crippen molar-refractivity contribution >= 4 is 0 Å². The van der Waals surface area contributed by atoms with Crippen LogP contribution in [0.4, 0.5) is 0 Å². The molecule has 0 aromatic heterocycles. The first kappa shape index (κ1) is 14.0. The molecule has 0 radical (unpaired) electrons. The lowest BCUT2D eigenvalue weighted by Crippen LogP contribution is -2.41. The molecule has 2 atom stereocenters. The van der Waals surface area contributed by atoms with E-state index in [0.717, 1.165) is 12.5 Å². The number of rotatable bonds is 4. The van der Waals surface area contributed by atoms with Gasteiger partial charge in [0.2, 0.25) is 0 Å². The van der Waals surface area contributed by atoms with Gasteiger partial charge in [0, 0.05) is 6.04 Å². The smallest absolute Gasteiger partial charge is 0.0105 e. The van der Waals surface area contributed by atoms with E-state index in [9.17, 15) is 0 Å². The maximum atomic E-state index is 3.29. The molecule has 2 nitrogen and oxygen atoms in total. The predicted molar refractivity (Wildman–Crippen MR) is 71.8 cm³/mol. The summed E-state index contributed by atoms with van der Waals surface area (Å²) in [5, 5.41) is 3.29. The molecule has 16 heavy (non-hydrogen) atoms. The van der Waals surface area contributed by atoms with Crippen molar-refractivity contribution in [2.45, 2.75) is 53.0 Å². The summed E-state index contributed by atoms with van der Waals surface area (Å²) in [4.78, 5) is 2.69. The summed E-state index contributed by atoms with van der Waals surface area (Å²) in [6.07, 6.45) is 4.10. The molecular formula is C14H30N2. The Balaban J connectivity index is 2.47. The summed E-state index contributed by atoms with van der Waals surface area (Å²) in [7, 11) is 2.05. The van der Waals surface area contributed by atoms with Gasteiger partial charge in [-0.1, -0.05) is 20.8 Å². The highest BCUT2D eigenvalue weighted by Crippen LogP contribution is 2.31. The third kappa shape index (κ3) is 4.06. The predicted octanol–water partition coefficient (Wildman–Crippen LogP) is 2.74. The third-order valence-corrected chi connectivity index (χ3v) is 4.30. The van der Waals surface area contributed by atoms with Gasteiger partial charge < -0.3 is 10.2 Å². The summed E-state index contributed by atoms with van der Waals surface area (Å²) in [5.74, 6) is 0.742. The Bertz CT molecular complexity index is 201. The summed E-state index contributed by atoms with van der Waals surface area (Å²) >= 11 is 0. The van der Waals surface area contributed by atoms with E-state index in [0.29, 0.717) is 11.5 Å². The van der Waals surface area contributed by atoms with Crippen molar-refractivity contribution in [2.24, 2.45) is 11.3 Å². The molecule has 0 amide bonds. The lowest BCUT2D eigenvalue weighted by molar-refractivity contribution is 0.160. The Kier molecular flexibility index (Phi) is 5.26. The van der Waals surface area contributed by atoms with Gasteiger partial charge in [-0.2, -0.15) is 0 Å². The van der Waals surface area contributed by atoms with Gasteiger partial charge in [0.1, 0.15) is 0 Å². The maximum Gasteiger partial charge on any atom is 0.0105 e. The van der Waals surface area contributed by atoms with E-state index in [2.05, 4.69) is 45.0 Å². The minimum atomic E-state index is 0.556. The first-order valence-corrected chi connectivity index (χ1v) is 6.85. The largest absolute Gasteiger partial charge is 0.319 e. The molecule has 1 aliphatic rings. The van der Waals surface area contributed by atoms with Crippen LogP contribution >= 0.6 is 0 Å². The fourth-order valence-electron chi connectivity index (χ4n) is 2.70. The zero-order valence-corrected chi connectivity index (χ0v) is 11.8. The second-order valence-corrected chi connectivity index (χ2v) is 6.33. The van der Waals surface area contributed by atoms with Crippen molar-refractivity contribution < 1.29 is 0 Å². The molecule has 1 rings (SSSR count). The Morgan fingerprint density at radius 2 is 1.88 bits per heavy atom. The van der Waals surface area contributed by atoms with E-state index >= 15 is 0 Å². The monoisotopic (exact) mass is 226 g/mol. The highest BCUT2D eigenvalue weighted by Gasteiger charge is 2.26. The minimum Gasteiger partial charge on any atom is -0.319 e. The van der Waals surface area contributed by atoms with Crippen LogP contribution in [0.15, 0.2) is 0 Å². The fourth-order valence-corrected chi connectivity index (χ4v) is 2.70. The fraction of sp³-hybridized carbons (Fsp3) is 1.00. The van der Waals surface area contributed by atoms with Gasteiger partial charge in [0.05, 0.1) is 0 Å². The molecule has 0 bridgehead atoms. The Morgan fingerprint density at radius 1 is 1.19 bits per heavy atom. The quantitative estimate of drug-likeness (QED) is 0.793. The molecule has 0 saturated carbocycles. The zero-order valence-electron chi connectivity index (χ0n) is 11.8. The molecule has 1 heterocycles. The van der Waals surface area contributed by atoms with Crippen LogP contribution in [-0.2, 0) is 0 Å². The van der Waals surface area contributed by atoms with Crippen molar-refractivity contribution in [3.05, 3.63) is 0 Å². The first-order valence-electron chi connectivity index (χ1n) is 6.85. The van der Waals surface area contributed by atoms with Crippen LogP contribution in [0.5, 0.6) is 0 Å². The second kappa shape index (κ2) is 6.02. The highest BCUT2D eigenvalue weighted by molar-refractivity contribution is 4.81. The van der Waals surface area contributed by atoms with Gasteiger partial charge in [-0.15, -0.1) is 0 Å². The van der Waals surface area contributed by atoms with E-state index in [4.69, 9.17) is 0 Å². The van der Waals surface area contributed by atoms with Gasteiger partial charge in [0.15, 0.2) is 0 Å². The van der Waals surface area contributed by atoms with E-state index in [1.807, 2.05) is 0 Å². The van der Waals surface area contributed by atoms with Crippen molar-refractivity contribution in [3.63, 3.8) is 0 Å². The molecule has 1 N–H and O–H groups in total. The number of hydrogen-bond donors (Lipinski definition) is 1. The van der Waals surface area contributed by atoms with Crippen LogP contribution in [0, 0.1) is 11.3 Å². The second-order valence-electron chi connectivity index (χ2n) is 6.33. The molecule has 1 fully saturated rings. The standard InChI is InChI=1S/C14H30N2/c1-12(11-15-5)13(2)16-9-6-7-14(3,4)8-10-16/h12-13,15H,6-11H2,1-5H3. The van der Waals surface area contributed by atoms with Crippen LogP contribution in [-0.4, -0.2) is 37.6 Å². The van der Waals surface area contributed by atoms with Gasteiger partial charge in [0.25, 0.3) is 0 Å². The lowest BCUT2D eigenvalue weighted by atomic mass is 9.85. The van der Waals surface area contributed by atoms with Gasteiger partial charge in [-0.05, 0) is 64.2 Å². The average Bonchev–Trinajstić information content (AvgIpc) is 2.39. The number of hydrogen-bond acceptors (Lipinski definition) is 2. The van der Waals surface area contributed by atoms with Crippen LogP contribution in [0.3, 0.4) is 0 Å². The van der Waals surface area contributed by atoms with E-state index in [1.165, 1.54) is 32.4 Å². The molecule has 1 aliphatic heterocycles. The molecule has 2 heteroatoms. The Morgan fingerprint density at radius 3 is 2.50 bits per heavy atom. The van der Waals surface area contributed by atoms with Gasteiger partial charge in [-0.25, -0.2) is 0 Å². The molecule has 0 aromatic carbocycles. The van der Waals surface area contributed by atoms with Crippen LogP contribution in [0.1, 0.15) is 47.0 Å². The van der Waals surface area contributed by atoms with E-state index in [-0.39, 0.29) is 0 Å². The number of likely N-dealkylation sites (tertiary alicyclic amines) is 1. The summed E-state index contributed by atoms with van der Waals surface area (Å²) in [6.45, 7) is 13.3. The van der Waals surface area contributed by atoms with Gasteiger partial charge >= 0.3 is 0 Å². The third-order valence-electron chi connectivity index (χ3n) is 4.30. The SMILES string of the molecule is CNCC(C)C(C)N1CCCC(C)(C)CC1. The molecule has 0 aliphatic carbocycles. The summed E-state index contributed by atoms with van der Waals surface area (Å²) < 4.78 is 0. The topological polar surface area (TPSA) is 15.3 Å². The molecule has 2 unspecified atom stereocenters. The molecule has 0 aromatic rings. The van der Waals surface area contributed by atoms with Crippen molar-refractivity contribution in [1.82, 2.24) is 10.2 Å². The molecular weight excluding hydrogens is 196 g/mol. The number of nitrogens with zero attached hydrogens (tertiary/aromatic N) is 1. The number of nitrogens with one attached hydrogen (secondary N) is 1.